The van der Waals surface area contributed by atoms with E-state index < -0.39 is 0 Å². The summed E-state index contributed by atoms with van der Waals surface area (Å²) in [5.41, 5.74) is 2.01. The zero-order chi connectivity index (χ0) is 15.2. The van der Waals surface area contributed by atoms with Gasteiger partial charge in [0, 0.05) is 15.9 Å². The number of hydrogen-bond donors (Lipinski definition) is 0. The molecule has 0 N–H and O–H groups in total. The Bertz CT molecular complexity index is 616. The van der Waals surface area contributed by atoms with Gasteiger partial charge >= 0.3 is 0 Å². The Hall–Kier alpha value is -1.39. The van der Waals surface area contributed by atoms with Crippen molar-refractivity contribution >= 4 is 27.5 Å². The molecule has 0 radical (unpaired) electrons. The maximum atomic E-state index is 6.01. The van der Waals surface area contributed by atoms with Crippen LogP contribution >= 0.6 is 27.5 Å². The molecule has 0 unspecified atom stereocenters. The van der Waals surface area contributed by atoms with Gasteiger partial charge < -0.3 is 14.2 Å². The maximum Gasteiger partial charge on any atom is 0.161 e. The minimum Gasteiger partial charge on any atom is -0.496 e. The molecule has 0 heterocycles. The monoisotopic (exact) mass is 370 g/mol. The second-order valence-corrected chi connectivity index (χ2v) is 5.36. The second kappa shape index (κ2) is 7.57. The molecule has 0 aliphatic heterocycles. The van der Waals surface area contributed by atoms with Gasteiger partial charge in [0.1, 0.15) is 12.4 Å². The highest BCUT2D eigenvalue weighted by molar-refractivity contribution is 9.08. The molecule has 0 fully saturated rings. The largest absolute Gasteiger partial charge is 0.496 e. The Labute approximate surface area is 137 Å². The third-order valence-corrected chi connectivity index (χ3v) is 3.89. The molecule has 0 bridgehead atoms. The van der Waals surface area contributed by atoms with Crippen molar-refractivity contribution in [2.45, 2.75) is 11.9 Å². The molecule has 2 rings (SSSR count). The number of rotatable bonds is 6. The first-order chi connectivity index (χ1) is 10.2. The van der Waals surface area contributed by atoms with Crippen molar-refractivity contribution in [1.82, 2.24) is 0 Å². The average Bonchev–Trinajstić information content (AvgIpc) is 2.52. The van der Waals surface area contributed by atoms with Gasteiger partial charge in [0.25, 0.3) is 0 Å². The molecule has 0 saturated heterocycles. The maximum absolute atomic E-state index is 6.01. The van der Waals surface area contributed by atoms with Crippen LogP contribution in [0.5, 0.6) is 17.2 Å². The standard InChI is InChI=1S/C16H16BrClO3/c1-19-14-6-4-13(18)8-12(14)10-21-15-5-3-11(9-17)7-16(15)20-2/h3-8H,9-10H2,1-2H3. The smallest absolute Gasteiger partial charge is 0.161 e. The summed E-state index contributed by atoms with van der Waals surface area (Å²) in [6, 6.07) is 11.3. The van der Waals surface area contributed by atoms with Crippen LogP contribution in [0.2, 0.25) is 5.02 Å². The fraction of sp³-hybridized carbons (Fsp3) is 0.250. The highest BCUT2D eigenvalue weighted by Crippen LogP contribution is 2.31. The van der Waals surface area contributed by atoms with Crippen LogP contribution in [-0.4, -0.2) is 14.2 Å². The van der Waals surface area contributed by atoms with E-state index in [4.69, 9.17) is 25.8 Å². The molecular formula is C16H16BrClO3. The minimum absolute atomic E-state index is 0.355. The predicted octanol–water partition coefficient (Wildman–Crippen LogP) is 4.83. The molecule has 21 heavy (non-hydrogen) atoms. The molecule has 3 nitrogen and oxygen atoms in total. The zero-order valence-corrected chi connectivity index (χ0v) is 14.2. The molecule has 112 valence electrons. The van der Waals surface area contributed by atoms with Crippen LogP contribution in [0.15, 0.2) is 36.4 Å². The van der Waals surface area contributed by atoms with E-state index in [-0.39, 0.29) is 0 Å². The fourth-order valence-electron chi connectivity index (χ4n) is 1.93. The Kier molecular flexibility index (Phi) is 5.76. The van der Waals surface area contributed by atoms with E-state index in [1.54, 1.807) is 20.3 Å². The lowest BCUT2D eigenvalue weighted by Crippen LogP contribution is -2.00. The van der Waals surface area contributed by atoms with Gasteiger partial charge in [-0.2, -0.15) is 0 Å². The molecule has 0 amide bonds. The summed E-state index contributed by atoms with van der Waals surface area (Å²) in [5, 5.41) is 1.42. The molecular weight excluding hydrogens is 356 g/mol. The molecule has 0 aliphatic rings. The van der Waals surface area contributed by atoms with Crippen LogP contribution in [0, 0.1) is 0 Å². The highest BCUT2D eigenvalue weighted by atomic mass is 79.9. The van der Waals surface area contributed by atoms with Crippen LogP contribution in [0.4, 0.5) is 0 Å². The van der Waals surface area contributed by atoms with Gasteiger partial charge in [-0.1, -0.05) is 33.6 Å². The second-order valence-electron chi connectivity index (χ2n) is 4.36. The Balaban J connectivity index is 2.18. The lowest BCUT2D eigenvalue weighted by Gasteiger charge is -2.13. The van der Waals surface area contributed by atoms with Gasteiger partial charge in [-0.3, -0.25) is 0 Å². The Morgan fingerprint density at radius 2 is 1.67 bits per heavy atom. The lowest BCUT2D eigenvalue weighted by molar-refractivity contribution is 0.278. The molecule has 2 aromatic rings. The van der Waals surface area contributed by atoms with E-state index in [1.165, 1.54) is 0 Å². The van der Waals surface area contributed by atoms with Crippen molar-refractivity contribution in [2.75, 3.05) is 14.2 Å². The Morgan fingerprint density at radius 1 is 0.952 bits per heavy atom. The Morgan fingerprint density at radius 3 is 2.33 bits per heavy atom. The van der Waals surface area contributed by atoms with Crippen molar-refractivity contribution in [1.29, 1.82) is 0 Å². The van der Waals surface area contributed by atoms with Crippen LogP contribution in [0.3, 0.4) is 0 Å². The predicted molar refractivity (Wildman–Crippen MR) is 88.0 cm³/mol. The van der Waals surface area contributed by atoms with E-state index in [1.807, 2.05) is 30.3 Å². The van der Waals surface area contributed by atoms with E-state index in [9.17, 15) is 0 Å². The van der Waals surface area contributed by atoms with Gasteiger partial charge in [0.15, 0.2) is 11.5 Å². The third-order valence-electron chi connectivity index (χ3n) is 3.01. The molecule has 5 heteroatoms. The highest BCUT2D eigenvalue weighted by Gasteiger charge is 2.09. The van der Waals surface area contributed by atoms with Gasteiger partial charge in [-0.25, -0.2) is 0 Å². The summed E-state index contributed by atoms with van der Waals surface area (Å²) >= 11 is 9.43. The third kappa shape index (κ3) is 4.05. The number of alkyl halides is 1. The first-order valence-corrected chi connectivity index (χ1v) is 7.86. The molecule has 0 aliphatic carbocycles. The van der Waals surface area contributed by atoms with Crippen molar-refractivity contribution in [3.05, 3.63) is 52.5 Å². The number of benzene rings is 2. The fourth-order valence-corrected chi connectivity index (χ4v) is 2.47. The van der Waals surface area contributed by atoms with E-state index in [0.29, 0.717) is 23.1 Å². The van der Waals surface area contributed by atoms with Crippen LogP contribution in [0.25, 0.3) is 0 Å². The van der Waals surface area contributed by atoms with Crippen molar-refractivity contribution < 1.29 is 14.2 Å². The van der Waals surface area contributed by atoms with E-state index in [0.717, 1.165) is 22.2 Å². The first kappa shape index (κ1) is 16.0. The zero-order valence-electron chi connectivity index (χ0n) is 11.9. The van der Waals surface area contributed by atoms with Crippen molar-refractivity contribution in [3.8, 4) is 17.2 Å². The average molecular weight is 372 g/mol. The number of halogens is 2. The van der Waals surface area contributed by atoms with E-state index >= 15 is 0 Å². The summed E-state index contributed by atoms with van der Waals surface area (Å²) in [4.78, 5) is 0. The summed E-state index contributed by atoms with van der Waals surface area (Å²) in [7, 11) is 3.25. The summed E-state index contributed by atoms with van der Waals surface area (Å²) < 4.78 is 16.5. The van der Waals surface area contributed by atoms with Gasteiger partial charge in [0.05, 0.1) is 14.2 Å². The number of hydrogen-bond acceptors (Lipinski definition) is 3. The molecule has 2 aromatic carbocycles. The molecule has 0 atom stereocenters. The van der Waals surface area contributed by atoms with Crippen molar-refractivity contribution in [3.63, 3.8) is 0 Å². The van der Waals surface area contributed by atoms with Crippen LogP contribution in [-0.2, 0) is 11.9 Å². The van der Waals surface area contributed by atoms with Gasteiger partial charge in [0.2, 0.25) is 0 Å². The topological polar surface area (TPSA) is 27.7 Å². The first-order valence-electron chi connectivity index (χ1n) is 6.36. The van der Waals surface area contributed by atoms with Gasteiger partial charge in [-0.15, -0.1) is 0 Å². The summed E-state index contributed by atoms with van der Waals surface area (Å²) in [6.07, 6.45) is 0. The number of ether oxygens (including phenoxy) is 3. The molecule has 0 saturated carbocycles. The van der Waals surface area contributed by atoms with Crippen LogP contribution < -0.4 is 14.2 Å². The van der Waals surface area contributed by atoms with Crippen molar-refractivity contribution in [2.24, 2.45) is 0 Å². The lowest BCUT2D eigenvalue weighted by atomic mass is 10.2. The summed E-state index contributed by atoms with van der Waals surface area (Å²) in [6.45, 7) is 0.355. The van der Waals surface area contributed by atoms with Crippen LogP contribution in [0.1, 0.15) is 11.1 Å². The van der Waals surface area contributed by atoms with Gasteiger partial charge in [-0.05, 0) is 35.9 Å². The summed E-state index contributed by atoms with van der Waals surface area (Å²) in [5.74, 6) is 2.13. The number of methoxy groups -OCH3 is 2. The molecule has 0 aromatic heterocycles. The SMILES string of the molecule is COc1ccc(Cl)cc1COc1ccc(CBr)cc1OC. The quantitative estimate of drug-likeness (QED) is 0.681. The molecule has 0 spiro atoms. The minimum atomic E-state index is 0.355. The van der Waals surface area contributed by atoms with E-state index in [2.05, 4.69) is 15.9 Å². The normalized spacial score (nSPS) is 10.3.